The maximum atomic E-state index is 5.67. The summed E-state index contributed by atoms with van der Waals surface area (Å²) in [5.41, 5.74) is 2.65. The molecule has 0 spiro atoms. The highest BCUT2D eigenvalue weighted by Gasteiger charge is 2.30. The first kappa shape index (κ1) is 15.3. The molecule has 0 aliphatic carbocycles. The average Bonchev–Trinajstić information content (AvgIpc) is 2.48. The number of nitrogens with zero attached hydrogens (tertiary/aromatic N) is 1. The number of hydrogen-bond donors (Lipinski definition) is 1. The van der Waals surface area contributed by atoms with Gasteiger partial charge < -0.3 is 15.0 Å². The van der Waals surface area contributed by atoms with Crippen LogP contribution in [0.5, 0.6) is 0 Å². The molecule has 0 amide bonds. The number of anilines is 1. The standard InChI is InChI=1S/C17H28N2O/c1-5-18-14(2)15-7-9-16(10-8-15)19-12-6-11-17(3,13-19)20-4/h7-10,14,18H,5-6,11-13H2,1-4H3. The lowest BCUT2D eigenvalue weighted by Gasteiger charge is -2.40. The molecule has 1 heterocycles. The maximum absolute atomic E-state index is 5.67. The fraction of sp³-hybridized carbons (Fsp3) is 0.647. The van der Waals surface area contributed by atoms with Gasteiger partial charge in [0.25, 0.3) is 0 Å². The Hall–Kier alpha value is -1.06. The van der Waals surface area contributed by atoms with Gasteiger partial charge in [-0.05, 0) is 50.9 Å². The molecule has 2 unspecified atom stereocenters. The molecule has 112 valence electrons. The highest BCUT2D eigenvalue weighted by Crippen LogP contribution is 2.28. The van der Waals surface area contributed by atoms with Crippen LogP contribution in [0.1, 0.15) is 45.2 Å². The lowest BCUT2D eigenvalue weighted by Crippen LogP contribution is -2.47. The van der Waals surface area contributed by atoms with Crippen molar-refractivity contribution in [3.05, 3.63) is 29.8 Å². The van der Waals surface area contributed by atoms with E-state index in [9.17, 15) is 0 Å². The minimum Gasteiger partial charge on any atom is -0.377 e. The second-order valence-electron chi connectivity index (χ2n) is 6.05. The molecule has 0 bridgehead atoms. The summed E-state index contributed by atoms with van der Waals surface area (Å²) in [6, 6.07) is 9.37. The van der Waals surface area contributed by atoms with Gasteiger partial charge in [0.15, 0.2) is 0 Å². The quantitative estimate of drug-likeness (QED) is 0.892. The molecule has 0 saturated carbocycles. The van der Waals surface area contributed by atoms with Gasteiger partial charge in [-0.1, -0.05) is 19.1 Å². The van der Waals surface area contributed by atoms with Crippen molar-refractivity contribution >= 4 is 5.69 Å². The predicted molar refractivity (Wildman–Crippen MR) is 85.4 cm³/mol. The van der Waals surface area contributed by atoms with E-state index in [1.54, 1.807) is 0 Å². The summed E-state index contributed by atoms with van der Waals surface area (Å²) in [7, 11) is 1.82. The van der Waals surface area contributed by atoms with Crippen LogP contribution in [0.2, 0.25) is 0 Å². The summed E-state index contributed by atoms with van der Waals surface area (Å²) < 4.78 is 5.67. The van der Waals surface area contributed by atoms with Crippen molar-refractivity contribution in [2.24, 2.45) is 0 Å². The van der Waals surface area contributed by atoms with Gasteiger partial charge in [-0.2, -0.15) is 0 Å². The molecular weight excluding hydrogens is 248 g/mol. The predicted octanol–water partition coefficient (Wildman–Crippen LogP) is 3.36. The molecule has 1 aliphatic rings. The summed E-state index contributed by atoms with van der Waals surface area (Å²) in [5.74, 6) is 0. The minimum atomic E-state index is -0.00597. The number of hydrogen-bond acceptors (Lipinski definition) is 3. The Morgan fingerprint density at radius 3 is 2.65 bits per heavy atom. The van der Waals surface area contributed by atoms with Crippen LogP contribution < -0.4 is 10.2 Å². The van der Waals surface area contributed by atoms with Crippen molar-refractivity contribution in [2.45, 2.75) is 45.3 Å². The van der Waals surface area contributed by atoms with Crippen LogP contribution in [0.15, 0.2) is 24.3 Å². The van der Waals surface area contributed by atoms with Crippen molar-refractivity contribution < 1.29 is 4.74 Å². The molecule has 1 aromatic rings. The normalized spacial score (nSPS) is 24.7. The van der Waals surface area contributed by atoms with E-state index in [1.165, 1.54) is 17.7 Å². The Labute approximate surface area is 123 Å². The van der Waals surface area contributed by atoms with Gasteiger partial charge in [0, 0.05) is 31.9 Å². The van der Waals surface area contributed by atoms with E-state index < -0.39 is 0 Å². The van der Waals surface area contributed by atoms with Crippen LogP contribution in [0.4, 0.5) is 5.69 Å². The molecule has 3 nitrogen and oxygen atoms in total. The van der Waals surface area contributed by atoms with Crippen LogP contribution in [-0.4, -0.2) is 32.3 Å². The Kier molecular flexibility index (Phi) is 5.06. The van der Waals surface area contributed by atoms with Crippen LogP contribution in [0.3, 0.4) is 0 Å². The number of benzene rings is 1. The second kappa shape index (κ2) is 6.59. The van der Waals surface area contributed by atoms with Crippen LogP contribution in [0.25, 0.3) is 0 Å². The van der Waals surface area contributed by atoms with E-state index in [4.69, 9.17) is 4.74 Å². The van der Waals surface area contributed by atoms with Crippen LogP contribution in [-0.2, 0) is 4.74 Å². The summed E-state index contributed by atoms with van der Waals surface area (Å²) in [6.07, 6.45) is 2.34. The highest BCUT2D eigenvalue weighted by atomic mass is 16.5. The molecule has 2 rings (SSSR count). The molecule has 1 saturated heterocycles. The topological polar surface area (TPSA) is 24.5 Å². The summed E-state index contributed by atoms with van der Waals surface area (Å²) in [4.78, 5) is 2.44. The third-order valence-electron chi connectivity index (χ3n) is 4.42. The van der Waals surface area contributed by atoms with Crippen LogP contribution in [0, 0.1) is 0 Å². The van der Waals surface area contributed by atoms with Crippen molar-refractivity contribution in [1.29, 1.82) is 0 Å². The van der Waals surface area contributed by atoms with E-state index in [0.717, 1.165) is 26.1 Å². The third-order valence-corrected chi connectivity index (χ3v) is 4.42. The van der Waals surface area contributed by atoms with Crippen molar-refractivity contribution in [3.8, 4) is 0 Å². The number of methoxy groups -OCH3 is 1. The lowest BCUT2D eigenvalue weighted by molar-refractivity contribution is -0.00465. The first-order valence-corrected chi connectivity index (χ1v) is 7.71. The molecule has 2 atom stereocenters. The molecule has 1 fully saturated rings. The van der Waals surface area contributed by atoms with Crippen molar-refractivity contribution in [3.63, 3.8) is 0 Å². The van der Waals surface area contributed by atoms with Gasteiger partial charge in [-0.15, -0.1) is 0 Å². The summed E-state index contributed by atoms with van der Waals surface area (Å²) in [5, 5.41) is 3.45. The monoisotopic (exact) mass is 276 g/mol. The van der Waals surface area contributed by atoms with E-state index in [0.29, 0.717) is 6.04 Å². The van der Waals surface area contributed by atoms with E-state index in [1.807, 2.05) is 7.11 Å². The molecule has 20 heavy (non-hydrogen) atoms. The Bertz CT molecular complexity index is 418. The first-order chi connectivity index (χ1) is 9.58. The number of piperidine rings is 1. The molecular formula is C17H28N2O. The number of nitrogens with one attached hydrogen (secondary N) is 1. The van der Waals surface area contributed by atoms with Gasteiger partial charge in [0.1, 0.15) is 0 Å². The first-order valence-electron chi connectivity index (χ1n) is 7.71. The highest BCUT2D eigenvalue weighted by molar-refractivity contribution is 5.49. The largest absolute Gasteiger partial charge is 0.377 e. The molecule has 1 N–H and O–H groups in total. The molecule has 0 aromatic heterocycles. The molecule has 3 heteroatoms. The molecule has 1 aliphatic heterocycles. The Morgan fingerprint density at radius 2 is 2.05 bits per heavy atom. The fourth-order valence-corrected chi connectivity index (χ4v) is 2.99. The van der Waals surface area contributed by atoms with Gasteiger partial charge in [0.2, 0.25) is 0 Å². The maximum Gasteiger partial charge on any atom is 0.0825 e. The average molecular weight is 276 g/mol. The zero-order valence-corrected chi connectivity index (χ0v) is 13.3. The van der Waals surface area contributed by atoms with Gasteiger partial charge in [-0.3, -0.25) is 0 Å². The summed E-state index contributed by atoms with van der Waals surface area (Å²) in [6.45, 7) is 9.67. The zero-order chi connectivity index (χ0) is 14.6. The lowest BCUT2D eigenvalue weighted by atomic mass is 9.94. The van der Waals surface area contributed by atoms with E-state index >= 15 is 0 Å². The zero-order valence-electron chi connectivity index (χ0n) is 13.3. The fourth-order valence-electron chi connectivity index (χ4n) is 2.99. The Morgan fingerprint density at radius 1 is 1.35 bits per heavy atom. The van der Waals surface area contributed by atoms with Gasteiger partial charge in [0.05, 0.1) is 5.60 Å². The van der Waals surface area contributed by atoms with E-state index in [-0.39, 0.29) is 5.60 Å². The van der Waals surface area contributed by atoms with Crippen LogP contribution >= 0.6 is 0 Å². The SMILES string of the molecule is CCNC(C)c1ccc(N2CCCC(C)(OC)C2)cc1. The molecule has 0 radical (unpaired) electrons. The van der Waals surface area contributed by atoms with E-state index in [2.05, 4.69) is 55.3 Å². The minimum absolute atomic E-state index is 0.00597. The third kappa shape index (κ3) is 3.53. The van der Waals surface area contributed by atoms with Crippen molar-refractivity contribution in [1.82, 2.24) is 5.32 Å². The smallest absolute Gasteiger partial charge is 0.0825 e. The number of rotatable bonds is 5. The second-order valence-corrected chi connectivity index (χ2v) is 6.05. The van der Waals surface area contributed by atoms with Gasteiger partial charge >= 0.3 is 0 Å². The summed E-state index contributed by atoms with van der Waals surface area (Å²) >= 11 is 0. The van der Waals surface area contributed by atoms with Crippen molar-refractivity contribution in [2.75, 3.05) is 31.6 Å². The molecule has 1 aromatic carbocycles. The number of ether oxygens (including phenoxy) is 1. The van der Waals surface area contributed by atoms with Gasteiger partial charge in [-0.25, -0.2) is 0 Å². The Balaban J connectivity index is 2.06.